The highest BCUT2D eigenvalue weighted by Crippen LogP contribution is 2.27. The molecule has 0 radical (unpaired) electrons. The third kappa shape index (κ3) is 3.05. The van der Waals surface area contributed by atoms with Gasteiger partial charge < -0.3 is 4.90 Å². The van der Waals surface area contributed by atoms with Crippen LogP contribution in [0.4, 0.5) is 5.69 Å². The summed E-state index contributed by atoms with van der Waals surface area (Å²) in [5.74, 6) is -0.213. The SMILES string of the molecule is O=C(CCl)N(Cc1cccs1)c1ccccc1Cl. The molecular weight excluding hydrogens is 289 g/mol. The van der Waals surface area contributed by atoms with Gasteiger partial charge in [0, 0.05) is 4.88 Å². The highest BCUT2D eigenvalue weighted by molar-refractivity contribution is 7.09. The zero-order valence-electron chi connectivity index (χ0n) is 9.48. The van der Waals surface area contributed by atoms with Gasteiger partial charge in [0.15, 0.2) is 0 Å². The summed E-state index contributed by atoms with van der Waals surface area (Å²) in [7, 11) is 0. The zero-order valence-corrected chi connectivity index (χ0v) is 11.8. The topological polar surface area (TPSA) is 20.3 Å². The van der Waals surface area contributed by atoms with Gasteiger partial charge in [-0.25, -0.2) is 0 Å². The maximum atomic E-state index is 11.9. The Balaban J connectivity index is 2.31. The number of halogens is 2. The van der Waals surface area contributed by atoms with Crippen LogP contribution in [0, 0.1) is 0 Å². The second-order valence-electron chi connectivity index (χ2n) is 3.64. The molecule has 5 heteroatoms. The van der Waals surface area contributed by atoms with E-state index in [1.807, 2.05) is 35.7 Å². The van der Waals surface area contributed by atoms with Crippen LogP contribution in [0.15, 0.2) is 41.8 Å². The van der Waals surface area contributed by atoms with Gasteiger partial charge in [-0.1, -0.05) is 29.8 Å². The van der Waals surface area contributed by atoms with Crippen molar-refractivity contribution in [2.45, 2.75) is 6.54 Å². The number of carbonyl (C=O) groups excluding carboxylic acids is 1. The largest absolute Gasteiger partial charge is 0.305 e. The average molecular weight is 300 g/mol. The van der Waals surface area contributed by atoms with Crippen LogP contribution >= 0.6 is 34.5 Å². The first-order valence-electron chi connectivity index (χ1n) is 5.35. The maximum absolute atomic E-state index is 11.9. The van der Waals surface area contributed by atoms with Gasteiger partial charge in [-0.2, -0.15) is 0 Å². The Hall–Kier alpha value is -1.03. The maximum Gasteiger partial charge on any atom is 0.242 e. The summed E-state index contributed by atoms with van der Waals surface area (Å²) in [6, 6.07) is 11.2. The molecule has 2 aromatic rings. The van der Waals surface area contributed by atoms with Gasteiger partial charge in [0.1, 0.15) is 5.88 Å². The molecule has 1 amide bonds. The van der Waals surface area contributed by atoms with Crippen LogP contribution in [-0.4, -0.2) is 11.8 Å². The third-order valence-electron chi connectivity index (χ3n) is 2.45. The van der Waals surface area contributed by atoms with E-state index in [2.05, 4.69) is 0 Å². The first-order chi connectivity index (χ1) is 8.72. The summed E-state index contributed by atoms with van der Waals surface area (Å²) in [6.45, 7) is 0.493. The van der Waals surface area contributed by atoms with Crippen LogP contribution in [0.2, 0.25) is 5.02 Å². The van der Waals surface area contributed by atoms with E-state index in [1.165, 1.54) is 0 Å². The van der Waals surface area contributed by atoms with Crippen LogP contribution < -0.4 is 4.90 Å². The minimum Gasteiger partial charge on any atom is -0.305 e. The molecule has 0 bridgehead atoms. The molecule has 0 fully saturated rings. The molecule has 2 nitrogen and oxygen atoms in total. The summed E-state index contributed by atoms with van der Waals surface area (Å²) in [4.78, 5) is 14.6. The number of para-hydroxylation sites is 1. The molecule has 2 rings (SSSR count). The molecule has 0 saturated carbocycles. The van der Waals surface area contributed by atoms with Crippen LogP contribution in [0.3, 0.4) is 0 Å². The summed E-state index contributed by atoms with van der Waals surface area (Å²) < 4.78 is 0. The lowest BCUT2D eigenvalue weighted by Gasteiger charge is -2.22. The number of thiophene rings is 1. The van der Waals surface area contributed by atoms with E-state index in [9.17, 15) is 4.79 Å². The number of benzene rings is 1. The van der Waals surface area contributed by atoms with Gasteiger partial charge in [-0.3, -0.25) is 4.79 Å². The minimum atomic E-state index is -0.154. The van der Waals surface area contributed by atoms with E-state index in [-0.39, 0.29) is 11.8 Å². The van der Waals surface area contributed by atoms with E-state index in [4.69, 9.17) is 23.2 Å². The van der Waals surface area contributed by atoms with Crippen molar-refractivity contribution in [1.29, 1.82) is 0 Å². The van der Waals surface area contributed by atoms with Crippen molar-refractivity contribution in [3.8, 4) is 0 Å². The Kier molecular flexibility index (Phi) is 4.64. The quantitative estimate of drug-likeness (QED) is 0.776. The highest BCUT2D eigenvalue weighted by Gasteiger charge is 2.17. The van der Waals surface area contributed by atoms with Crippen molar-refractivity contribution < 1.29 is 4.79 Å². The molecule has 0 unspecified atom stereocenters. The predicted octanol–water partition coefficient (Wildman–Crippen LogP) is 4.17. The number of nitrogens with zero attached hydrogens (tertiary/aromatic N) is 1. The first kappa shape index (κ1) is 13.4. The molecule has 1 aromatic heterocycles. The fourth-order valence-electron chi connectivity index (χ4n) is 1.61. The van der Waals surface area contributed by atoms with Gasteiger partial charge in [-0.05, 0) is 23.6 Å². The predicted molar refractivity (Wildman–Crippen MR) is 77.7 cm³/mol. The van der Waals surface area contributed by atoms with E-state index in [0.717, 1.165) is 4.88 Å². The lowest BCUT2D eigenvalue weighted by atomic mass is 10.2. The van der Waals surface area contributed by atoms with Crippen LogP contribution in [-0.2, 0) is 11.3 Å². The Morgan fingerprint density at radius 3 is 2.61 bits per heavy atom. The van der Waals surface area contributed by atoms with Crippen molar-refractivity contribution in [1.82, 2.24) is 0 Å². The molecule has 0 aliphatic heterocycles. The summed E-state index contributed by atoms with van der Waals surface area (Å²) in [5.41, 5.74) is 0.693. The Morgan fingerprint density at radius 2 is 2.00 bits per heavy atom. The van der Waals surface area contributed by atoms with Gasteiger partial charge >= 0.3 is 0 Å². The molecule has 0 saturated heterocycles. The molecule has 0 atom stereocenters. The van der Waals surface area contributed by atoms with Crippen molar-refractivity contribution in [2.24, 2.45) is 0 Å². The lowest BCUT2D eigenvalue weighted by Crippen LogP contribution is -2.31. The number of anilines is 1. The van der Waals surface area contributed by atoms with Crippen molar-refractivity contribution in [2.75, 3.05) is 10.8 Å². The normalized spacial score (nSPS) is 10.3. The number of alkyl halides is 1. The standard InChI is InChI=1S/C13H11Cl2NOS/c14-8-13(17)16(9-10-4-3-7-18-10)12-6-2-1-5-11(12)15/h1-7H,8-9H2. The fourth-order valence-corrected chi connectivity index (χ4v) is 2.68. The summed E-state index contributed by atoms with van der Waals surface area (Å²) >= 11 is 13.4. The van der Waals surface area contributed by atoms with Crippen LogP contribution in [0.25, 0.3) is 0 Å². The second kappa shape index (κ2) is 6.23. The molecular formula is C13H11Cl2NOS. The number of carbonyl (C=O) groups is 1. The fraction of sp³-hybridized carbons (Fsp3) is 0.154. The molecule has 0 aliphatic carbocycles. The van der Waals surface area contributed by atoms with E-state index in [0.29, 0.717) is 17.3 Å². The molecule has 0 aliphatic rings. The van der Waals surface area contributed by atoms with Crippen LogP contribution in [0.5, 0.6) is 0 Å². The van der Waals surface area contributed by atoms with Gasteiger partial charge in [-0.15, -0.1) is 22.9 Å². The summed E-state index contributed by atoms with van der Waals surface area (Å²) in [6.07, 6.45) is 0. The zero-order chi connectivity index (χ0) is 13.0. The van der Waals surface area contributed by atoms with Crippen molar-refractivity contribution in [3.05, 3.63) is 51.7 Å². The third-order valence-corrected chi connectivity index (χ3v) is 3.86. The minimum absolute atomic E-state index is 0.0589. The average Bonchev–Trinajstić information content (AvgIpc) is 2.89. The van der Waals surface area contributed by atoms with Gasteiger partial charge in [0.05, 0.1) is 17.3 Å². The number of hydrogen-bond acceptors (Lipinski definition) is 2. The van der Waals surface area contributed by atoms with E-state index >= 15 is 0 Å². The van der Waals surface area contributed by atoms with Gasteiger partial charge in [0.25, 0.3) is 0 Å². The highest BCUT2D eigenvalue weighted by atomic mass is 35.5. The molecule has 94 valence electrons. The van der Waals surface area contributed by atoms with Gasteiger partial charge in [0.2, 0.25) is 5.91 Å². The van der Waals surface area contributed by atoms with Crippen LogP contribution in [0.1, 0.15) is 4.88 Å². The smallest absolute Gasteiger partial charge is 0.242 e. The molecule has 1 aromatic carbocycles. The van der Waals surface area contributed by atoms with Crippen molar-refractivity contribution >= 4 is 46.1 Å². The monoisotopic (exact) mass is 299 g/mol. The molecule has 1 heterocycles. The summed E-state index contributed by atoms with van der Waals surface area (Å²) in [5, 5.41) is 2.53. The first-order valence-corrected chi connectivity index (χ1v) is 7.15. The van der Waals surface area contributed by atoms with E-state index < -0.39 is 0 Å². The number of hydrogen-bond donors (Lipinski definition) is 0. The number of rotatable bonds is 4. The molecule has 0 spiro atoms. The Bertz CT molecular complexity index is 528. The lowest BCUT2D eigenvalue weighted by molar-refractivity contribution is -0.116. The molecule has 18 heavy (non-hydrogen) atoms. The molecule has 0 N–H and O–H groups in total. The Morgan fingerprint density at radius 1 is 1.22 bits per heavy atom. The van der Waals surface area contributed by atoms with Crippen molar-refractivity contribution in [3.63, 3.8) is 0 Å². The Labute approximate surface area is 120 Å². The number of amides is 1. The van der Waals surface area contributed by atoms with E-state index in [1.54, 1.807) is 22.3 Å². The second-order valence-corrected chi connectivity index (χ2v) is 5.35.